The smallest absolute Gasteiger partial charge is 0.334 e. The third-order valence-electron chi connectivity index (χ3n) is 3.69. The Morgan fingerprint density at radius 1 is 1.13 bits per heavy atom. The van der Waals surface area contributed by atoms with E-state index in [1.54, 1.807) is 37.3 Å². The minimum Gasteiger partial charge on any atom is -0.478 e. The maximum absolute atomic E-state index is 11.8. The molecule has 0 spiro atoms. The van der Waals surface area contributed by atoms with Crippen LogP contribution in [0.25, 0.3) is 0 Å². The molecule has 0 aromatic heterocycles. The van der Waals surface area contributed by atoms with Crippen LogP contribution in [0.4, 0.5) is 0 Å². The van der Waals surface area contributed by atoms with Crippen molar-refractivity contribution in [3.8, 4) is 0 Å². The summed E-state index contributed by atoms with van der Waals surface area (Å²) < 4.78 is 5.33. The average molecular weight is 317 g/mol. The maximum Gasteiger partial charge on any atom is 0.334 e. The number of carboxylic acid groups (broad SMARTS) is 2. The summed E-state index contributed by atoms with van der Waals surface area (Å²) in [6.45, 7) is 3.96. The summed E-state index contributed by atoms with van der Waals surface area (Å²) in [6.07, 6.45) is 0. The van der Waals surface area contributed by atoms with Crippen LogP contribution in [0.1, 0.15) is 25.3 Å². The molecule has 0 saturated heterocycles. The number of carbonyl (C=O) groups is 2. The minimum atomic E-state index is -1.16. The van der Waals surface area contributed by atoms with Crippen LogP contribution in [0.15, 0.2) is 52.9 Å². The number of aliphatic carboxylic acids is 2. The normalized spacial score (nSPS) is 17.9. The van der Waals surface area contributed by atoms with E-state index in [2.05, 4.69) is 5.32 Å². The molecule has 1 aliphatic heterocycles. The lowest BCUT2D eigenvalue weighted by Crippen LogP contribution is -2.33. The van der Waals surface area contributed by atoms with Crippen molar-refractivity contribution in [3.63, 3.8) is 0 Å². The van der Waals surface area contributed by atoms with Gasteiger partial charge in [-0.15, -0.1) is 0 Å². The summed E-state index contributed by atoms with van der Waals surface area (Å²) in [7, 11) is 0. The van der Waals surface area contributed by atoms with Crippen LogP contribution in [0.2, 0.25) is 0 Å². The van der Waals surface area contributed by atoms with Crippen LogP contribution in [-0.2, 0) is 14.3 Å². The Morgan fingerprint density at radius 2 is 1.74 bits per heavy atom. The highest BCUT2D eigenvalue weighted by Crippen LogP contribution is 2.38. The molecular weight excluding hydrogens is 298 g/mol. The SMILES string of the molecule is CCOCC1=C(C(=O)O)C(c2ccccc2)C(C(=O)O)=C(C)N1. The molecule has 1 heterocycles. The van der Waals surface area contributed by atoms with Crippen LogP contribution < -0.4 is 5.32 Å². The Hall–Kier alpha value is -2.60. The van der Waals surface area contributed by atoms with Crippen molar-refractivity contribution < 1.29 is 24.5 Å². The van der Waals surface area contributed by atoms with Crippen molar-refractivity contribution in [3.05, 3.63) is 58.4 Å². The number of ether oxygens (including phenoxy) is 1. The van der Waals surface area contributed by atoms with Gasteiger partial charge in [-0.3, -0.25) is 0 Å². The standard InChI is InChI=1S/C17H19NO5/c1-3-23-9-12-15(17(21)22)14(11-7-5-4-6-8-11)13(16(19)20)10(2)18-12/h4-8,14,18H,3,9H2,1-2H3,(H,19,20)(H,21,22). The Labute approximate surface area is 134 Å². The molecule has 122 valence electrons. The fourth-order valence-electron chi connectivity index (χ4n) is 2.73. The van der Waals surface area contributed by atoms with Crippen LogP contribution in [0, 0.1) is 0 Å². The number of nitrogens with one attached hydrogen (secondary N) is 1. The van der Waals surface area contributed by atoms with E-state index in [0.717, 1.165) is 0 Å². The molecule has 6 heteroatoms. The summed E-state index contributed by atoms with van der Waals surface area (Å²) in [4.78, 5) is 23.5. The van der Waals surface area contributed by atoms with Gasteiger partial charge in [-0.05, 0) is 19.4 Å². The Bertz CT molecular complexity index is 675. The number of hydrogen-bond acceptors (Lipinski definition) is 4. The van der Waals surface area contributed by atoms with E-state index in [-0.39, 0.29) is 17.8 Å². The highest BCUT2D eigenvalue weighted by Gasteiger charge is 2.37. The lowest BCUT2D eigenvalue weighted by Gasteiger charge is -2.29. The molecule has 1 aromatic carbocycles. The van der Waals surface area contributed by atoms with Crippen molar-refractivity contribution in [2.45, 2.75) is 19.8 Å². The first-order valence-electron chi connectivity index (χ1n) is 7.27. The molecule has 0 aliphatic carbocycles. The molecule has 2 rings (SSSR count). The molecule has 3 N–H and O–H groups in total. The van der Waals surface area contributed by atoms with E-state index < -0.39 is 17.9 Å². The highest BCUT2D eigenvalue weighted by atomic mass is 16.5. The zero-order chi connectivity index (χ0) is 17.0. The number of benzene rings is 1. The second-order valence-corrected chi connectivity index (χ2v) is 5.15. The van der Waals surface area contributed by atoms with Crippen molar-refractivity contribution in [1.82, 2.24) is 5.32 Å². The zero-order valence-electron chi connectivity index (χ0n) is 13.0. The summed E-state index contributed by atoms with van der Waals surface area (Å²) >= 11 is 0. The predicted octanol–water partition coefficient (Wildman–Crippen LogP) is 2.11. The lowest BCUT2D eigenvalue weighted by atomic mass is 9.80. The summed E-state index contributed by atoms with van der Waals surface area (Å²) in [5.74, 6) is -3.15. The van der Waals surface area contributed by atoms with Gasteiger partial charge in [-0.25, -0.2) is 9.59 Å². The van der Waals surface area contributed by atoms with Crippen molar-refractivity contribution in [2.75, 3.05) is 13.2 Å². The molecule has 1 atom stereocenters. The third-order valence-corrected chi connectivity index (χ3v) is 3.69. The van der Waals surface area contributed by atoms with E-state index in [9.17, 15) is 19.8 Å². The molecule has 1 aliphatic rings. The van der Waals surface area contributed by atoms with Gasteiger partial charge in [0.05, 0.1) is 29.4 Å². The summed E-state index contributed by atoms with van der Waals surface area (Å²) in [5.41, 5.74) is 1.47. The monoisotopic (exact) mass is 317 g/mol. The van der Waals surface area contributed by atoms with Gasteiger partial charge in [-0.1, -0.05) is 30.3 Å². The minimum absolute atomic E-state index is 0.00708. The fraction of sp³-hybridized carbons (Fsp3) is 0.294. The number of carboxylic acids is 2. The van der Waals surface area contributed by atoms with Crippen molar-refractivity contribution in [2.24, 2.45) is 0 Å². The van der Waals surface area contributed by atoms with Crippen molar-refractivity contribution >= 4 is 11.9 Å². The van der Waals surface area contributed by atoms with E-state index >= 15 is 0 Å². The lowest BCUT2D eigenvalue weighted by molar-refractivity contribution is -0.133. The summed E-state index contributed by atoms with van der Waals surface area (Å²) in [5, 5.41) is 22.1. The molecule has 0 saturated carbocycles. The Kier molecular flexibility index (Phi) is 5.18. The third kappa shape index (κ3) is 3.43. The molecule has 0 amide bonds. The van der Waals surface area contributed by atoms with Gasteiger partial charge in [0, 0.05) is 12.3 Å². The van der Waals surface area contributed by atoms with Crippen LogP contribution in [0.3, 0.4) is 0 Å². The molecular formula is C17H19NO5. The summed E-state index contributed by atoms with van der Waals surface area (Å²) in [6, 6.07) is 8.77. The van der Waals surface area contributed by atoms with Gasteiger partial charge in [0.2, 0.25) is 0 Å². The number of dihydropyridines is 1. The van der Waals surface area contributed by atoms with Gasteiger partial charge in [0.15, 0.2) is 0 Å². The van der Waals surface area contributed by atoms with Crippen LogP contribution in [-0.4, -0.2) is 35.4 Å². The van der Waals surface area contributed by atoms with E-state index in [1.807, 2.05) is 6.92 Å². The molecule has 1 aromatic rings. The largest absolute Gasteiger partial charge is 0.478 e. The fourth-order valence-corrected chi connectivity index (χ4v) is 2.73. The van der Waals surface area contributed by atoms with E-state index in [0.29, 0.717) is 23.6 Å². The van der Waals surface area contributed by atoms with E-state index in [4.69, 9.17) is 4.74 Å². The Morgan fingerprint density at radius 3 is 2.26 bits per heavy atom. The molecule has 1 unspecified atom stereocenters. The van der Waals surface area contributed by atoms with E-state index in [1.165, 1.54) is 0 Å². The second-order valence-electron chi connectivity index (χ2n) is 5.15. The van der Waals surface area contributed by atoms with Gasteiger partial charge in [-0.2, -0.15) is 0 Å². The predicted molar refractivity (Wildman–Crippen MR) is 83.8 cm³/mol. The molecule has 0 fully saturated rings. The van der Waals surface area contributed by atoms with Crippen LogP contribution >= 0.6 is 0 Å². The zero-order valence-corrected chi connectivity index (χ0v) is 13.0. The highest BCUT2D eigenvalue weighted by molar-refractivity contribution is 5.98. The maximum atomic E-state index is 11.8. The average Bonchev–Trinajstić information content (AvgIpc) is 2.52. The van der Waals surface area contributed by atoms with Gasteiger partial charge in [0.1, 0.15) is 0 Å². The number of rotatable bonds is 6. The van der Waals surface area contributed by atoms with Gasteiger partial charge < -0.3 is 20.3 Å². The first-order chi connectivity index (χ1) is 11.0. The molecule has 23 heavy (non-hydrogen) atoms. The Balaban J connectivity index is 2.63. The van der Waals surface area contributed by atoms with Crippen molar-refractivity contribution in [1.29, 1.82) is 0 Å². The first-order valence-corrected chi connectivity index (χ1v) is 7.27. The number of hydrogen-bond donors (Lipinski definition) is 3. The number of allylic oxidation sites excluding steroid dienone is 1. The van der Waals surface area contributed by atoms with Gasteiger partial charge >= 0.3 is 11.9 Å². The second kappa shape index (κ2) is 7.11. The molecule has 0 bridgehead atoms. The quantitative estimate of drug-likeness (QED) is 0.743. The topological polar surface area (TPSA) is 95.9 Å². The van der Waals surface area contributed by atoms with Crippen LogP contribution in [0.5, 0.6) is 0 Å². The molecule has 0 radical (unpaired) electrons. The van der Waals surface area contributed by atoms with Gasteiger partial charge in [0.25, 0.3) is 0 Å². The first kappa shape index (κ1) is 16.8. The molecule has 6 nitrogen and oxygen atoms in total.